The van der Waals surface area contributed by atoms with Gasteiger partial charge < -0.3 is 9.47 Å². The number of rotatable bonds is 3. The van der Waals surface area contributed by atoms with E-state index in [2.05, 4.69) is 0 Å². The molecule has 5 rings (SSSR count). The van der Waals surface area contributed by atoms with E-state index in [0.717, 1.165) is 21.2 Å². The van der Waals surface area contributed by atoms with Crippen molar-refractivity contribution >= 4 is 18.1 Å². The number of hydrazine groups is 1. The number of fused-ring (bicyclic) bond motifs is 1. The zero-order valence-corrected chi connectivity index (χ0v) is 16.5. The maximum atomic E-state index is 12.8. The molecule has 0 spiro atoms. The van der Waals surface area contributed by atoms with Gasteiger partial charge in [-0.1, -0.05) is 37.3 Å². The quantitative estimate of drug-likeness (QED) is 0.571. The van der Waals surface area contributed by atoms with E-state index in [0.29, 0.717) is 0 Å². The van der Waals surface area contributed by atoms with Crippen LogP contribution in [0.1, 0.15) is 26.3 Å². The van der Waals surface area contributed by atoms with Crippen molar-refractivity contribution in [1.29, 1.82) is 0 Å². The van der Waals surface area contributed by atoms with Gasteiger partial charge in [0.2, 0.25) is 5.91 Å². The summed E-state index contributed by atoms with van der Waals surface area (Å²) < 4.78 is 10.5. The minimum atomic E-state index is -0.977. The van der Waals surface area contributed by atoms with Crippen molar-refractivity contribution in [2.45, 2.75) is 45.7 Å². The molecule has 2 bridgehead atoms. The summed E-state index contributed by atoms with van der Waals surface area (Å²) in [7, 11) is 0. The zero-order valence-electron chi connectivity index (χ0n) is 16.5. The highest BCUT2D eigenvalue weighted by atomic mass is 16.7. The number of nitrogens with zero attached hydrogens (tertiary/aromatic N) is 3. The van der Waals surface area contributed by atoms with Crippen LogP contribution in [-0.2, 0) is 25.7 Å². The van der Waals surface area contributed by atoms with Gasteiger partial charge in [-0.3, -0.25) is 9.63 Å². The van der Waals surface area contributed by atoms with Crippen molar-refractivity contribution < 1.29 is 28.7 Å². The number of carbonyl (C=O) groups is 3. The Bertz CT molecular complexity index is 857. The molecule has 9 nitrogen and oxygen atoms in total. The maximum Gasteiger partial charge on any atom is 0.436 e. The summed E-state index contributed by atoms with van der Waals surface area (Å²) in [6, 6.07) is 8.84. The van der Waals surface area contributed by atoms with Crippen molar-refractivity contribution in [3.05, 3.63) is 47.5 Å². The Balaban J connectivity index is 1.62. The third kappa shape index (κ3) is 3.11. The van der Waals surface area contributed by atoms with Gasteiger partial charge in [0, 0.05) is 0 Å². The second-order valence-electron chi connectivity index (χ2n) is 7.22. The molecule has 9 heteroatoms. The van der Waals surface area contributed by atoms with Crippen molar-refractivity contribution in [3.8, 4) is 0 Å². The molecule has 4 aliphatic rings. The summed E-state index contributed by atoms with van der Waals surface area (Å²) in [5.41, 5.74) is 1.66. The van der Waals surface area contributed by atoms with Crippen molar-refractivity contribution in [3.63, 3.8) is 0 Å². The van der Waals surface area contributed by atoms with E-state index in [9.17, 15) is 14.4 Å². The molecule has 1 aromatic rings. The van der Waals surface area contributed by atoms with Gasteiger partial charge in [-0.15, -0.1) is 0 Å². The summed E-state index contributed by atoms with van der Waals surface area (Å²) in [5.74, 6) is -0.566. The van der Waals surface area contributed by atoms with E-state index in [-0.39, 0.29) is 25.0 Å². The SMILES string of the molecule is CCOC(=O)N1[C@H]2C=C(C)[C@@H](ON2C(=O)OCc2ccccc2)[C@H]2[C@H](C)C(=O)N21. The smallest absolute Gasteiger partial charge is 0.436 e. The Morgan fingerprint density at radius 2 is 1.86 bits per heavy atom. The van der Waals surface area contributed by atoms with Crippen LogP contribution in [0.2, 0.25) is 0 Å². The molecule has 0 N–H and O–H groups in total. The number of ether oxygens (including phenoxy) is 2. The van der Waals surface area contributed by atoms with Crippen LogP contribution < -0.4 is 0 Å². The zero-order chi connectivity index (χ0) is 20.7. The number of benzene rings is 1. The average Bonchev–Trinajstić information content (AvgIpc) is 2.93. The molecule has 154 valence electrons. The van der Waals surface area contributed by atoms with Crippen LogP contribution in [0.4, 0.5) is 9.59 Å². The minimum Gasteiger partial charge on any atom is -0.448 e. The van der Waals surface area contributed by atoms with Gasteiger partial charge >= 0.3 is 12.2 Å². The lowest BCUT2D eigenvalue weighted by Gasteiger charge is -2.49. The molecule has 0 radical (unpaired) electrons. The Morgan fingerprint density at radius 1 is 1.14 bits per heavy atom. The molecule has 4 heterocycles. The largest absolute Gasteiger partial charge is 0.448 e. The topological polar surface area (TPSA) is 88.6 Å². The molecule has 0 aromatic heterocycles. The highest BCUT2D eigenvalue weighted by molar-refractivity contribution is 5.88. The number of hydroxylamine groups is 2. The summed E-state index contributed by atoms with van der Waals surface area (Å²) in [6.07, 6.45) is -1.27. The first-order valence-electron chi connectivity index (χ1n) is 9.58. The Kier molecular flexibility index (Phi) is 4.91. The normalized spacial score (nSPS) is 27.6. The van der Waals surface area contributed by atoms with E-state index in [1.807, 2.05) is 37.3 Å². The molecule has 4 aliphatic heterocycles. The van der Waals surface area contributed by atoms with Crippen molar-refractivity contribution in [2.24, 2.45) is 5.92 Å². The monoisotopic (exact) mass is 401 g/mol. The first-order chi connectivity index (χ1) is 13.9. The lowest BCUT2D eigenvalue weighted by atomic mass is 9.84. The van der Waals surface area contributed by atoms with E-state index < -0.39 is 30.5 Å². The Labute approximate surface area is 168 Å². The first-order valence-corrected chi connectivity index (χ1v) is 9.58. The lowest BCUT2D eigenvalue weighted by Crippen LogP contribution is -2.70. The van der Waals surface area contributed by atoms with E-state index in [4.69, 9.17) is 14.3 Å². The van der Waals surface area contributed by atoms with Crippen LogP contribution in [0.3, 0.4) is 0 Å². The predicted molar refractivity (Wildman–Crippen MR) is 99.5 cm³/mol. The van der Waals surface area contributed by atoms with E-state index in [1.165, 1.54) is 5.01 Å². The molecule has 0 aliphatic carbocycles. The fourth-order valence-corrected chi connectivity index (χ4v) is 3.89. The Hall–Kier alpha value is -3.07. The van der Waals surface area contributed by atoms with E-state index in [1.54, 1.807) is 19.9 Å². The van der Waals surface area contributed by atoms with Gasteiger partial charge in [-0.2, -0.15) is 10.1 Å². The van der Waals surface area contributed by atoms with E-state index >= 15 is 0 Å². The highest BCUT2D eigenvalue weighted by Gasteiger charge is 2.61. The molecule has 4 atom stereocenters. The summed E-state index contributed by atoms with van der Waals surface area (Å²) >= 11 is 0. The molecule has 2 fully saturated rings. The van der Waals surface area contributed by atoms with Crippen LogP contribution in [-0.4, -0.2) is 58.1 Å². The summed E-state index contributed by atoms with van der Waals surface area (Å²) in [6.45, 7) is 5.50. The maximum absolute atomic E-state index is 12.8. The molecule has 1 aromatic carbocycles. The molecule has 2 saturated heterocycles. The first kappa shape index (κ1) is 19.3. The third-order valence-electron chi connectivity index (χ3n) is 5.37. The van der Waals surface area contributed by atoms with Crippen LogP contribution in [0.15, 0.2) is 42.0 Å². The van der Waals surface area contributed by atoms with Crippen LogP contribution >= 0.6 is 0 Å². The molecule has 0 unspecified atom stereocenters. The summed E-state index contributed by atoms with van der Waals surface area (Å²) in [5, 5.41) is 3.50. The van der Waals surface area contributed by atoms with Gasteiger partial charge in [-0.05, 0) is 31.1 Å². The Morgan fingerprint density at radius 3 is 2.55 bits per heavy atom. The second-order valence-corrected chi connectivity index (χ2v) is 7.22. The molecule has 3 amide bonds. The van der Waals surface area contributed by atoms with Crippen molar-refractivity contribution in [2.75, 3.05) is 6.61 Å². The molecular weight excluding hydrogens is 378 g/mol. The number of β-lactam (4-membered cyclic amide) rings is 1. The standard InChI is InChI=1S/C20H23N3O6/c1-4-27-19(25)21-15-10-12(2)17(16-13(3)18(24)22(16)21)29-23(15)20(26)28-11-14-8-6-5-7-9-14/h5-10,13,15-17H,4,11H2,1-3H3/t13-,15+,16+,17+/m0/s1. The second kappa shape index (κ2) is 7.40. The fourth-order valence-electron chi connectivity index (χ4n) is 3.89. The van der Waals surface area contributed by atoms with Gasteiger partial charge in [0.25, 0.3) is 0 Å². The number of carbonyl (C=O) groups excluding carboxylic acids is 3. The lowest BCUT2D eigenvalue weighted by molar-refractivity contribution is -0.197. The van der Waals surface area contributed by atoms with Crippen molar-refractivity contribution in [1.82, 2.24) is 15.1 Å². The number of hydrogen-bond acceptors (Lipinski definition) is 6. The average molecular weight is 401 g/mol. The highest BCUT2D eigenvalue weighted by Crippen LogP contribution is 2.42. The number of hydrogen-bond donors (Lipinski definition) is 0. The number of amides is 3. The molecule has 29 heavy (non-hydrogen) atoms. The molecular formula is C20H23N3O6. The minimum absolute atomic E-state index is 0.0570. The van der Waals surface area contributed by atoms with Gasteiger partial charge in [0.15, 0.2) is 6.17 Å². The fraction of sp³-hybridized carbons (Fsp3) is 0.450. The predicted octanol–water partition coefficient (Wildman–Crippen LogP) is 2.45. The van der Waals surface area contributed by atoms with Gasteiger partial charge in [0.1, 0.15) is 12.7 Å². The van der Waals surface area contributed by atoms with Crippen LogP contribution in [0.5, 0.6) is 0 Å². The van der Waals surface area contributed by atoms with Crippen LogP contribution in [0.25, 0.3) is 0 Å². The van der Waals surface area contributed by atoms with Gasteiger partial charge in [-0.25, -0.2) is 14.6 Å². The third-order valence-corrected chi connectivity index (χ3v) is 5.37. The summed E-state index contributed by atoms with van der Waals surface area (Å²) in [4.78, 5) is 44.0. The van der Waals surface area contributed by atoms with Gasteiger partial charge in [0.05, 0.1) is 18.6 Å². The molecule has 0 saturated carbocycles. The van der Waals surface area contributed by atoms with Crippen LogP contribution in [0, 0.1) is 5.92 Å².